The van der Waals surface area contributed by atoms with Gasteiger partial charge in [0.05, 0.1) is 11.0 Å². The van der Waals surface area contributed by atoms with Crippen LogP contribution >= 0.6 is 0 Å². The molecule has 4 aromatic rings. The molecule has 2 fully saturated rings. The fourth-order valence-electron chi connectivity index (χ4n) is 6.38. The van der Waals surface area contributed by atoms with Crippen molar-refractivity contribution < 1.29 is 4.79 Å². The second kappa shape index (κ2) is 9.85. The van der Waals surface area contributed by atoms with Crippen LogP contribution in [0, 0.1) is 5.92 Å². The van der Waals surface area contributed by atoms with Gasteiger partial charge in [0.25, 0.3) is 0 Å². The number of fused-ring (bicyclic) bond motifs is 2. The van der Waals surface area contributed by atoms with Crippen molar-refractivity contribution >= 4 is 27.7 Å². The Labute approximate surface area is 207 Å². The Kier molecular flexibility index (Phi) is 6.28. The van der Waals surface area contributed by atoms with E-state index in [-0.39, 0.29) is 11.9 Å². The van der Waals surface area contributed by atoms with Crippen LogP contribution in [0.2, 0.25) is 0 Å². The number of carbonyl (C=O) groups excluding carboxylic acids is 1. The summed E-state index contributed by atoms with van der Waals surface area (Å²) >= 11 is 0. The van der Waals surface area contributed by atoms with E-state index in [2.05, 4.69) is 70.5 Å². The van der Waals surface area contributed by atoms with Crippen molar-refractivity contribution in [2.24, 2.45) is 5.92 Å². The van der Waals surface area contributed by atoms with E-state index in [1.54, 1.807) is 0 Å². The van der Waals surface area contributed by atoms with Crippen molar-refractivity contribution in [2.45, 2.75) is 76.3 Å². The lowest BCUT2D eigenvalue weighted by Gasteiger charge is -2.33. The third-order valence-electron chi connectivity index (χ3n) is 8.20. The Hall–Kier alpha value is -3.14. The van der Waals surface area contributed by atoms with Gasteiger partial charge in [-0.2, -0.15) is 0 Å². The highest BCUT2D eigenvalue weighted by Gasteiger charge is 2.35. The maximum Gasteiger partial charge on any atom is 0.243 e. The number of benzene rings is 3. The molecule has 2 saturated carbocycles. The standard InChI is InChI=1S/C31H35N3O/c35-31(32-26-15-5-2-6-16-26)29(23-12-3-1-4-13-23)34-28-18-10-9-17-27(28)33-30(34)25-20-19-22-11-7-8-14-24(22)21-25/h7-11,14,17-21,23,26,29H,1-6,12-13,15-16H2,(H,32,35). The summed E-state index contributed by atoms with van der Waals surface area (Å²) in [5.74, 6) is 1.43. The summed E-state index contributed by atoms with van der Waals surface area (Å²) in [6.45, 7) is 0. The maximum absolute atomic E-state index is 14.1. The molecule has 1 unspecified atom stereocenters. The van der Waals surface area contributed by atoms with E-state index in [0.29, 0.717) is 12.0 Å². The average molecular weight is 466 g/mol. The van der Waals surface area contributed by atoms with Gasteiger partial charge < -0.3 is 9.88 Å². The van der Waals surface area contributed by atoms with Crippen LogP contribution in [-0.2, 0) is 4.79 Å². The third kappa shape index (κ3) is 4.47. The maximum atomic E-state index is 14.1. The van der Waals surface area contributed by atoms with Gasteiger partial charge in [-0.25, -0.2) is 4.98 Å². The number of carbonyl (C=O) groups is 1. The molecule has 1 heterocycles. The molecule has 1 aromatic heterocycles. The van der Waals surface area contributed by atoms with Gasteiger partial charge in [0, 0.05) is 11.6 Å². The fourth-order valence-corrected chi connectivity index (χ4v) is 6.38. The quantitative estimate of drug-likeness (QED) is 0.333. The van der Waals surface area contributed by atoms with Crippen molar-refractivity contribution in [3.05, 3.63) is 66.7 Å². The Morgan fingerprint density at radius 1 is 0.800 bits per heavy atom. The van der Waals surface area contributed by atoms with Crippen LogP contribution in [0.25, 0.3) is 33.2 Å². The predicted octanol–water partition coefficient (Wildman–Crippen LogP) is 7.43. The van der Waals surface area contributed by atoms with Gasteiger partial charge in [0.15, 0.2) is 0 Å². The summed E-state index contributed by atoms with van der Waals surface area (Å²) in [6, 6.07) is 23.4. The molecule has 4 heteroatoms. The van der Waals surface area contributed by atoms with Crippen LogP contribution < -0.4 is 5.32 Å². The Morgan fingerprint density at radius 2 is 1.49 bits per heavy atom. The van der Waals surface area contributed by atoms with E-state index in [1.807, 2.05) is 6.07 Å². The molecule has 0 saturated heterocycles. The van der Waals surface area contributed by atoms with E-state index < -0.39 is 0 Å². The molecule has 0 aliphatic heterocycles. The molecule has 0 bridgehead atoms. The predicted molar refractivity (Wildman–Crippen MR) is 143 cm³/mol. The second-order valence-corrected chi connectivity index (χ2v) is 10.5. The number of para-hydroxylation sites is 2. The highest BCUT2D eigenvalue weighted by atomic mass is 16.2. The van der Waals surface area contributed by atoms with Gasteiger partial charge in [0.2, 0.25) is 5.91 Å². The molecule has 2 aliphatic rings. The van der Waals surface area contributed by atoms with E-state index in [4.69, 9.17) is 4.98 Å². The highest BCUT2D eigenvalue weighted by Crippen LogP contribution is 2.39. The number of rotatable bonds is 5. The third-order valence-corrected chi connectivity index (χ3v) is 8.20. The molecule has 1 atom stereocenters. The van der Waals surface area contributed by atoms with Crippen LogP contribution in [0.1, 0.15) is 70.3 Å². The molecule has 1 amide bonds. The number of nitrogens with zero attached hydrogens (tertiary/aromatic N) is 2. The monoisotopic (exact) mass is 465 g/mol. The first-order valence-electron chi connectivity index (χ1n) is 13.5. The number of imidazole rings is 1. The van der Waals surface area contributed by atoms with Crippen LogP contribution in [0.5, 0.6) is 0 Å². The molecule has 35 heavy (non-hydrogen) atoms. The zero-order valence-corrected chi connectivity index (χ0v) is 20.5. The normalized spacial score (nSPS) is 18.6. The first kappa shape index (κ1) is 22.3. The summed E-state index contributed by atoms with van der Waals surface area (Å²) in [5, 5.41) is 5.91. The van der Waals surface area contributed by atoms with Crippen LogP contribution in [0.3, 0.4) is 0 Å². The smallest absolute Gasteiger partial charge is 0.243 e. The van der Waals surface area contributed by atoms with E-state index in [0.717, 1.165) is 48.1 Å². The molecule has 180 valence electrons. The minimum absolute atomic E-state index is 0.189. The largest absolute Gasteiger partial charge is 0.352 e. The molecule has 0 spiro atoms. The van der Waals surface area contributed by atoms with E-state index in [1.165, 1.54) is 49.3 Å². The zero-order chi connectivity index (χ0) is 23.6. The topological polar surface area (TPSA) is 46.9 Å². The van der Waals surface area contributed by atoms with Gasteiger partial charge in [0.1, 0.15) is 11.9 Å². The number of aromatic nitrogens is 2. The number of amides is 1. The van der Waals surface area contributed by atoms with Gasteiger partial charge in [-0.05, 0) is 60.6 Å². The molecule has 3 aromatic carbocycles. The van der Waals surface area contributed by atoms with Crippen molar-refractivity contribution in [1.82, 2.24) is 14.9 Å². The SMILES string of the molecule is O=C(NC1CCCCC1)C(C1CCCCC1)n1c(-c2ccc3ccccc3c2)nc2ccccc21. The van der Waals surface area contributed by atoms with Crippen LogP contribution in [0.15, 0.2) is 66.7 Å². The number of hydrogen-bond acceptors (Lipinski definition) is 2. The van der Waals surface area contributed by atoms with Crippen molar-refractivity contribution in [1.29, 1.82) is 0 Å². The van der Waals surface area contributed by atoms with Crippen molar-refractivity contribution in [3.8, 4) is 11.4 Å². The highest BCUT2D eigenvalue weighted by molar-refractivity contribution is 5.90. The average Bonchev–Trinajstić information content (AvgIpc) is 3.29. The summed E-state index contributed by atoms with van der Waals surface area (Å²) in [6.07, 6.45) is 11.8. The molecule has 2 aliphatic carbocycles. The summed E-state index contributed by atoms with van der Waals surface area (Å²) in [5.41, 5.74) is 3.10. The van der Waals surface area contributed by atoms with Crippen LogP contribution in [-0.4, -0.2) is 21.5 Å². The van der Waals surface area contributed by atoms with Gasteiger partial charge in [-0.15, -0.1) is 0 Å². The van der Waals surface area contributed by atoms with Crippen molar-refractivity contribution in [3.63, 3.8) is 0 Å². The Bertz CT molecular complexity index is 1330. The minimum Gasteiger partial charge on any atom is -0.352 e. The lowest BCUT2D eigenvalue weighted by Crippen LogP contribution is -2.43. The molecule has 1 N–H and O–H groups in total. The summed E-state index contributed by atoms with van der Waals surface area (Å²) in [4.78, 5) is 19.2. The van der Waals surface area contributed by atoms with Gasteiger partial charge in [-0.1, -0.05) is 87.1 Å². The molecular formula is C31H35N3O. The number of nitrogens with one attached hydrogen (secondary N) is 1. The van der Waals surface area contributed by atoms with Gasteiger partial charge >= 0.3 is 0 Å². The second-order valence-electron chi connectivity index (χ2n) is 10.5. The lowest BCUT2D eigenvalue weighted by atomic mass is 9.82. The number of hydrogen-bond donors (Lipinski definition) is 1. The van der Waals surface area contributed by atoms with E-state index >= 15 is 0 Å². The van der Waals surface area contributed by atoms with Crippen molar-refractivity contribution in [2.75, 3.05) is 0 Å². The lowest BCUT2D eigenvalue weighted by molar-refractivity contribution is -0.127. The Balaban J connectivity index is 1.48. The summed E-state index contributed by atoms with van der Waals surface area (Å²) < 4.78 is 2.29. The molecule has 0 radical (unpaired) electrons. The zero-order valence-electron chi connectivity index (χ0n) is 20.5. The fraction of sp³-hybridized carbons (Fsp3) is 0.419. The Morgan fingerprint density at radius 3 is 2.29 bits per heavy atom. The molecule has 4 nitrogen and oxygen atoms in total. The molecular weight excluding hydrogens is 430 g/mol. The van der Waals surface area contributed by atoms with Gasteiger partial charge in [-0.3, -0.25) is 4.79 Å². The van der Waals surface area contributed by atoms with E-state index in [9.17, 15) is 4.79 Å². The first-order valence-corrected chi connectivity index (χ1v) is 13.5. The molecule has 6 rings (SSSR count). The summed E-state index contributed by atoms with van der Waals surface area (Å²) in [7, 11) is 0. The minimum atomic E-state index is -0.230. The first-order chi connectivity index (χ1) is 17.3. The van der Waals surface area contributed by atoms with Crippen LogP contribution in [0.4, 0.5) is 0 Å².